The lowest BCUT2D eigenvalue weighted by Gasteiger charge is -2.41. The summed E-state index contributed by atoms with van der Waals surface area (Å²) in [5.74, 6) is -0.887. The zero-order valence-corrected chi connectivity index (χ0v) is 27.4. The summed E-state index contributed by atoms with van der Waals surface area (Å²) in [6, 6.07) is 11.7. The summed E-state index contributed by atoms with van der Waals surface area (Å²) in [6.45, 7) is 10.8. The van der Waals surface area contributed by atoms with E-state index in [1.807, 2.05) is 0 Å². The standard InChI is InChI=1S/C29H40N4O9SSi/c1-29(2,3)44(4,5)42-16-15-30-18-22-17-23(19-31(28(35)36)26(22)27(30)34)33(41-20-21-11-7-6-8-12-21)43(39,40)25-14-10-9-13-24(25)32(37)38/h6-14,22-23,26H,15-20H2,1-5H3,(H,35,36)/t22-,23+,26-/m0/s1. The highest BCUT2D eigenvalue weighted by atomic mass is 32.2. The van der Waals surface area contributed by atoms with E-state index in [9.17, 15) is 33.2 Å². The van der Waals surface area contributed by atoms with E-state index in [1.165, 1.54) is 12.1 Å². The van der Waals surface area contributed by atoms with E-state index < -0.39 is 57.9 Å². The third-order valence-corrected chi connectivity index (χ3v) is 15.1. The van der Waals surface area contributed by atoms with Crippen LogP contribution in [-0.2, 0) is 30.7 Å². The Morgan fingerprint density at radius 3 is 2.36 bits per heavy atom. The van der Waals surface area contributed by atoms with Crippen molar-refractivity contribution in [2.45, 2.75) is 68.9 Å². The number of amides is 2. The Morgan fingerprint density at radius 1 is 1.11 bits per heavy atom. The van der Waals surface area contributed by atoms with Crippen LogP contribution in [0.15, 0.2) is 59.5 Å². The lowest BCUT2D eigenvalue weighted by Crippen LogP contribution is -2.59. The second-order valence-corrected chi connectivity index (χ2v) is 19.2. The number of hydroxylamine groups is 1. The monoisotopic (exact) mass is 648 g/mol. The predicted molar refractivity (Wildman–Crippen MR) is 163 cm³/mol. The first-order chi connectivity index (χ1) is 20.5. The van der Waals surface area contributed by atoms with Gasteiger partial charge in [0.25, 0.3) is 15.7 Å². The molecule has 2 amide bonds. The molecule has 1 N–H and O–H groups in total. The van der Waals surface area contributed by atoms with Gasteiger partial charge in [-0.3, -0.25) is 24.6 Å². The van der Waals surface area contributed by atoms with E-state index >= 15 is 0 Å². The van der Waals surface area contributed by atoms with Crippen LogP contribution >= 0.6 is 0 Å². The Hall–Kier alpha value is -3.37. The van der Waals surface area contributed by atoms with Gasteiger partial charge in [-0.2, -0.15) is 0 Å². The molecule has 240 valence electrons. The number of carbonyl (C=O) groups is 2. The average molecular weight is 649 g/mol. The number of rotatable bonds is 11. The van der Waals surface area contributed by atoms with Crippen molar-refractivity contribution < 1.29 is 37.3 Å². The SMILES string of the molecule is CC(C)(C)[Si](C)(C)OCCN1C[C@@H]2C[C@@H](N(OCc3ccccc3)S(=O)(=O)c3ccccc3[N+](=O)[O-])CN(C(=O)O)[C@@H]2C1=O. The molecule has 2 aliphatic rings. The molecule has 0 spiro atoms. The van der Waals surface area contributed by atoms with Crippen molar-refractivity contribution in [2.24, 2.45) is 5.92 Å². The minimum absolute atomic E-state index is 0.0220. The van der Waals surface area contributed by atoms with Gasteiger partial charge in [0.2, 0.25) is 5.91 Å². The number of piperidine rings is 1. The van der Waals surface area contributed by atoms with Crippen molar-refractivity contribution >= 4 is 36.0 Å². The number of nitro benzene ring substituents is 1. The smallest absolute Gasteiger partial charge is 0.408 e. The maximum Gasteiger partial charge on any atom is 0.408 e. The minimum atomic E-state index is -4.66. The van der Waals surface area contributed by atoms with Crippen molar-refractivity contribution in [3.63, 3.8) is 0 Å². The highest BCUT2D eigenvalue weighted by molar-refractivity contribution is 7.89. The van der Waals surface area contributed by atoms with Crippen LogP contribution in [0.4, 0.5) is 10.5 Å². The van der Waals surface area contributed by atoms with Crippen molar-refractivity contribution in [1.29, 1.82) is 0 Å². The molecule has 44 heavy (non-hydrogen) atoms. The molecule has 0 saturated carbocycles. The van der Waals surface area contributed by atoms with E-state index in [4.69, 9.17) is 9.26 Å². The average Bonchev–Trinajstić information content (AvgIpc) is 3.27. The first-order valence-corrected chi connectivity index (χ1v) is 18.8. The number of hydrogen-bond acceptors (Lipinski definition) is 8. The van der Waals surface area contributed by atoms with Crippen molar-refractivity contribution in [3.8, 4) is 0 Å². The fourth-order valence-corrected chi connectivity index (χ4v) is 8.03. The number of nitro groups is 1. The lowest BCUT2D eigenvalue weighted by atomic mass is 9.89. The molecule has 13 nitrogen and oxygen atoms in total. The van der Waals surface area contributed by atoms with E-state index in [-0.39, 0.29) is 43.6 Å². The van der Waals surface area contributed by atoms with Gasteiger partial charge in [-0.05, 0) is 36.2 Å². The topological polar surface area (TPSA) is 160 Å². The molecule has 4 rings (SSSR count). The third kappa shape index (κ3) is 6.96. The van der Waals surface area contributed by atoms with Crippen LogP contribution in [0.3, 0.4) is 0 Å². The maximum atomic E-state index is 14.0. The zero-order valence-electron chi connectivity index (χ0n) is 25.6. The third-order valence-electron chi connectivity index (χ3n) is 8.74. The summed E-state index contributed by atoms with van der Waals surface area (Å²) in [5, 5.41) is 21.9. The number of fused-ring (bicyclic) bond motifs is 1. The Morgan fingerprint density at radius 2 is 1.75 bits per heavy atom. The van der Waals surface area contributed by atoms with Gasteiger partial charge < -0.3 is 14.4 Å². The van der Waals surface area contributed by atoms with Gasteiger partial charge in [0.15, 0.2) is 13.2 Å². The first-order valence-electron chi connectivity index (χ1n) is 14.4. The number of para-hydroxylation sites is 1. The molecule has 2 aromatic carbocycles. The summed E-state index contributed by atoms with van der Waals surface area (Å²) >= 11 is 0. The first kappa shape index (κ1) is 33.5. The van der Waals surface area contributed by atoms with Crippen LogP contribution in [-0.4, -0.2) is 91.4 Å². The quantitative estimate of drug-likeness (QED) is 0.213. The normalized spacial score (nSPS) is 21.0. The van der Waals surface area contributed by atoms with E-state index in [1.54, 1.807) is 35.2 Å². The molecule has 0 unspecified atom stereocenters. The molecule has 0 radical (unpaired) electrons. The van der Waals surface area contributed by atoms with Crippen LogP contribution in [0.2, 0.25) is 18.1 Å². The summed E-state index contributed by atoms with van der Waals surface area (Å²) < 4.78 is 35.0. The number of benzene rings is 2. The zero-order chi connectivity index (χ0) is 32.4. The number of sulfonamides is 1. The molecule has 2 heterocycles. The molecule has 0 bridgehead atoms. The molecule has 2 fully saturated rings. The lowest BCUT2D eigenvalue weighted by molar-refractivity contribution is -0.388. The van der Waals surface area contributed by atoms with Crippen molar-refractivity contribution in [1.82, 2.24) is 14.3 Å². The maximum absolute atomic E-state index is 14.0. The summed E-state index contributed by atoms with van der Waals surface area (Å²) in [4.78, 5) is 44.7. The van der Waals surface area contributed by atoms with E-state index in [0.29, 0.717) is 16.6 Å². The summed E-state index contributed by atoms with van der Waals surface area (Å²) in [7, 11) is -6.74. The number of carbonyl (C=O) groups excluding carboxylic acids is 1. The van der Waals surface area contributed by atoms with Gasteiger partial charge in [0, 0.05) is 31.6 Å². The van der Waals surface area contributed by atoms with Crippen LogP contribution in [0.1, 0.15) is 32.8 Å². The summed E-state index contributed by atoms with van der Waals surface area (Å²) in [5.41, 5.74) is 0.0107. The molecule has 0 aromatic heterocycles. The minimum Gasteiger partial charge on any atom is -0.465 e. The second-order valence-electron chi connectivity index (χ2n) is 12.7. The van der Waals surface area contributed by atoms with Crippen molar-refractivity contribution in [2.75, 3.05) is 26.2 Å². The van der Waals surface area contributed by atoms with Crippen LogP contribution < -0.4 is 0 Å². The molecule has 2 saturated heterocycles. The Labute approximate surface area is 258 Å². The molecular weight excluding hydrogens is 608 g/mol. The van der Waals surface area contributed by atoms with Gasteiger partial charge in [-0.25, -0.2) is 13.2 Å². The number of carboxylic acid groups (broad SMARTS) is 1. The van der Waals surface area contributed by atoms with Crippen LogP contribution in [0, 0.1) is 16.0 Å². The van der Waals surface area contributed by atoms with Gasteiger partial charge in [0.05, 0.1) is 24.2 Å². The molecule has 2 aliphatic heterocycles. The fraction of sp³-hybridized carbons (Fsp3) is 0.517. The predicted octanol–water partition coefficient (Wildman–Crippen LogP) is 4.32. The Kier molecular flexibility index (Phi) is 9.85. The van der Waals surface area contributed by atoms with Crippen LogP contribution in [0.25, 0.3) is 0 Å². The number of hydrogen-bond donors (Lipinski definition) is 1. The number of likely N-dealkylation sites (tertiary alicyclic amines) is 2. The van der Waals surface area contributed by atoms with Gasteiger partial charge in [0.1, 0.15) is 6.04 Å². The highest BCUT2D eigenvalue weighted by Crippen LogP contribution is 2.38. The fourth-order valence-electron chi connectivity index (χ4n) is 5.40. The molecular formula is C29H40N4O9SSi. The molecule has 2 aromatic rings. The van der Waals surface area contributed by atoms with E-state index in [2.05, 4.69) is 33.9 Å². The molecule has 15 heteroatoms. The Bertz CT molecular complexity index is 1480. The molecule has 0 aliphatic carbocycles. The van der Waals surface area contributed by atoms with Crippen LogP contribution in [0.5, 0.6) is 0 Å². The van der Waals surface area contributed by atoms with E-state index in [0.717, 1.165) is 17.0 Å². The molecule has 3 atom stereocenters. The largest absolute Gasteiger partial charge is 0.465 e. The summed E-state index contributed by atoms with van der Waals surface area (Å²) in [6.07, 6.45) is -1.27. The number of nitrogens with zero attached hydrogens (tertiary/aromatic N) is 4. The Balaban J connectivity index is 1.63. The van der Waals surface area contributed by atoms with Crippen molar-refractivity contribution in [3.05, 3.63) is 70.3 Å². The second kappa shape index (κ2) is 12.9. The van der Waals surface area contributed by atoms with Gasteiger partial charge >= 0.3 is 6.09 Å². The van der Waals surface area contributed by atoms with Gasteiger partial charge in [-0.15, -0.1) is 0 Å². The highest BCUT2D eigenvalue weighted by Gasteiger charge is 2.53. The van der Waals surface area contributed by atoms with Gasteiger partial charge in [-0.1, -0.05) is 67.7 Å².